The Hall–Kier alpha value is -0.380. The van der Waals surface area contributed by atoms with E-state index in [1.165, 1.54) is 12.2 Å². The summed E-state index contributed by atoms with van der Waals surface area (Å²) < 4.78 is 0. The predicted octanol–water partition coefficient (Wildman–Crippen LogP) is 2.23. The molecule has 0 heterocycles. The lowest BCUT2D eigenvalue weighted by atomic mass is 10.3. The lowest BCUT2D eigenvalue weighted by Gasteiger charge is -2.06. The SMILES string of the molecule is CCCCNC(=O)NCCCCSC. The van der Waals surface area contributed by atoms with Gasteiger partial charge in [-0.1, -0.05) is 13.3 Å². The third-order valence-corrected chi connectivity index (χ3v) is 2.57. The number of carbonyl (C=O) groups excluding carboxylic acids is 1. The Balaban J connectivity index is 3.10. The second kappa shape index (κ2) is 10.7. The second-order valence-electron chi connectivity index (χ2n) is 3.24. The molecule has 0 aromatic carbocycles. The van der Waals surface area contributed by atoms with Crippen molar-refractivity contribution in [2.75, 3.05) is 25.1 Å². The van der Waals surface area contributed by atoms with Gasteiger partial charge in [0.15, 0.2) is 0 Å². The first-order valence-corrected chi connectivity index (χ1v) is 6.71. The standard InChI is InChI=1S/C10H22N2OS/c1-3-4-7-11-10(13)12-8-5-6-9-14-2/h3-9H2,1-2H3,(H2,11,12,13). The Morgan fingerprint density at radius 3 is 2.36 bits per heavy atom. The third-order valence-electron chi connectivity index (χ3n) is 1.88. The fraction of sp³-hybridized carbons (Fsp3) is 0.900. The van der Waals surface area contributed by atoms with Crippen LogP contribution in [0.2, 0.25) is 0 Å². The highest BCUT2D eigenvalue weighted by atomic mass is 32.2. The number of nitrogens with one attached hydrogen (secondary N) is 2. The average Bonchev–Trinajstić information content (AvgIpc) is 2.18. The molecule has 0 aromatic rings. The molecule has 2 amide bonds. The maximum absolute atomic E-state index is 11.1. The molecule has 0 saturated carbocycles. The van der Waals surface area contributed by atoms with Crippen LogP contribution in [0, 0.1) is 0 Å². The van der Waals surface area contributed by atoms with Crippen LogP contribution in [-0.2, 0) is 0 Å². The van der Waals surface area contributed by atoms with E-state index in [1.807, 2.05) is 11.8 Å². The van der Waals surface area contributed by atoms with E-state index in [9.17, 15) is 4.79 Å². The fourth-order valence-corrected chi connectivity index (χ4v) is 1.51. The first kappa shape index (κ1) is 13.6. The smallest absolute Gasteiger partial charge is 0.314 e. The molecule has 0 rings (SSSR count). The molecule has 0 spiro atoms. The molecule has 84 valence electrons. The zero-order chi connectivity index (χ0) is 10.6. The second-order valence-corrected chi connectivity index (χ2v) is 4.22. The van der Waals surface area contributed by atoms with Gasteiger partial charge in [-0.3, -0.25) is 0 Å². The number of thioether (sulfide) groups is 1. The van der Waals surface area contributed by atoms with Gasteiger partial charge in [0.2, 0.25) is 0 Å². The Morgan fingerprint density at radius 2 is 1.79 bits per heavy atom. The highest BCUT2D eigenvalue weighted by Gasteiger charge is 1.96. The van der Waals surface area contributed by atoms with E-state index in [2.05, 4.69) is 23.8 Å². The van der Waals surface area contributed by atoms with Crippen molar-refractivity contribution < 1.29 is 4.79 Å². The molecule has 0 bridgehead atoms. The lowest BCUT2D eigenvalue weighted by molar-refractivity contribution is 0.240. The van der Waals surface area contributed by atoms with Gasteiger partial charge in [-0.15, -0.1) is 0 Å². The van der Waals surface area contributed by atoms with Crippen LogP contribution >= 0.6 is 11.8 Å². The summed E-state index contributed by atoms with van der Waals surface area (Å²) in [7, 11) is 0. The van der Waals surface area contributed by atoms with Crippen LogP contribution < -0.4 is 10.6 Å². The molecule has 4 heteroatoms. The summed E-state index contributed by atoms with van der Waals surface area (Å²) in [5, 5.41) is 5.66. The number of hydrogen-bond acceptors (Lipinski definition) is 2. The van der Waals surface area contributed by atoms with E-state index in [4.69, 9.17) is 0 Å². The fourth-order valence-electron chi connectivity index (χ4n) is 1.01. The summed E-state index contributed by atoms with van der Waals surface area (Å²) in [6.07, 6.45) is 6.53. The highest BCUT2D eigenvalue weighted by Crippen LogP contribution is 1.97. The molecule has 0 saturated heterocycles. The maximum atomic E-state index is 11.1. The number of unbranched alkanes of at least 4 members (excludes halogenated alkanes) is 2. The molecule has 0 atom stereocenters. The summed E-state index contributed by atoms with van der Waals surface area (Å²) >= 11 is 1.85. The van der Waals surface area contributed by atoms with Crippen molar-refractivity contribution in [1.29, 1.82) is 0 Å². The molecular weight excluding hydrogens is 196 g/mol. The molecule has 0 aromatic heterocycles. The minimum atomic E-state index is -0.0254. The van der Waals surface area contributed by atoms with Crippen molar-refractivity contribution in [1.82, 2.24) is 10.6 Å². The Labute approximate surface area is 91.4 Å². The zero-order valence-electron chi connectivity index (χ0n) is 9.27. The Morgan fingerprint density at radius 1 is 1.14 bits per heavy atom. The van der Waals surface area contributed by atoms with Crippen LogP contribution in [0.1, 0.15) is 32.6 Å². The van der Waals surface area contributed by atoms with Crippen LogP contribution in [-0.4, -0.2) is 31.1 Å². The minimum Gasteiger partial charge on any atom is -0.338 e. The molecule has 2 N–H and O–H groups in total. The number of rotatable bonds is 8. The van der Waals surface area contributed by atoms with E-state index >= 15 is 0 Å². The number of amides is 2. The summed E-state index contributed by atoms with van der Waals surface area (Å²) in [4.78, 5) is 11.1. The summed E-state index contributed by atoms with van der Waals surface area (Å²) in [6, 6.07) is -0.0254. The van der Waals surface area contributed by atoms with Crippen LogP contribution in [0.3, 0.4) is 0 Å². The van der Waals surface area contributed by atoms with Gasteiger partial charge in [0.05, 0.1) is 0 Å². The van der Waals surface area contributed by atoms with Crippen molar-refractivity contribution in [3.63, 3.8) is 0 Å². The predicted molar refractivity (Wildman–Crippen MR) is 63.9 cm³/mol. The van der Waals surface area contributed by atoms with E-state index in [0.29, 0.717) is 0 Å². The number of hydrogen-bond donors (Lipinski definition) is 2. The normalized spacial score (nSPS) is 9.86. The van der Waals surface area contributed by atoms with Crippen LogP contribution in [0.25, 0.3) is 0 Å². The lowest BCUT2D eigenvalue weighted by Crippen LogP contribution is -2.36. The van der Waals surface area contributed by atoms with Crippen molar-refractivity contribution in [3.05, 3.63) is 0 Å². The van der Waals surface area contributed by atoms with E-state index in [-0.39, 0.29) is 6.03 Å². The molecule has 0 aliphatic heterocycles. The Bertz CT molecular complexity index is 142. The van der Waals surface area contributed by atoms with Gasteiger partial charge in [-0.25, -0.2) is 4.79 Å². The van der Waals surface area contributed by atoms with Crippen LogP contribution in [0.4, 0.5) is 4.79 Å². The molecule has 0 unspecified atom stereocenters. The van der Waals surface area contributed by atoms with Gasteiger partial charge in [0.1, 0.15) is 0 Å². The molecule has 0 aliphatic carbocycles. The van der Waals surface area contributed by atoms with Gasteiger partial charge in [-0.05, 0) is 31.3 Å². The molecular formula is C10H22N2OS. The summed E-state index contributed by atoms with van der Waals surface area (Å²) in [5.74, 6) is 1.18. The molecule has 0 fully saturated rings. The van der Waals surface area contributed by atoms with Crippen molar-refractivity contribution in [3.8, 4) is 0 Å². The highest BCUT2D eigenvalue weighted by molar-refractivity contribution is 7.98. The van der Waals surface area contributed by atoms with E-state index in [1.54, 1.807) is 0 Å². The first-order valence-electron chi connectivity index (χ1n) is 5.32. The number of urea groups is 1. The maximum Gasteiger partial charge on any atom is 0.314 e. The largest absolute Gasteiger partial charge is 0.338 e. The molecule has 0 radical (unpaired) electrons. The van der Waals surface area contributed by atoms with Crippen molar-refractivity contribution >= 4 is 17.8 Å². The Kier molecular flexibility index (Phi) is 10.4. The van der Waals surface area contributed by atoms with Crippen LogP contribution in [0.5, 0.6) is 0 Å². The molecule has 14 heavy (non-hydrogen) atoms. The number of carbonyl (C=O) groups is 1. The average molecular weight is 218 g/mol. The zero-order valence-corrected chi connectivity index (χ0v) is 10.1. The first-order chi connectivity index (χ1) is 6.81. The quantitative estimate of drug-likeness (QED) is 0.613. The van der Waals surface area contributed by atoms with Gasteiger partial charge >= 0.3 is 6.03 Å². The molecule has 0 aliphatic rings. The van der Waals surface area contributed by atoms with Gasteiger partial charge in [-0.2, -0.15) is 11.8 Å². The van der Waals surface area contributed by atoms with Gasteiger partial charge in [0, 0.05) is 13.1 Å². The van der Waals surface area contributed by atoms with Crippen molar-refractivity contribution in [2.45, 2.75) is 32.6 Å². The topological polar surface area (TPSA) is 41.1 Å². The summed E-state index contributed by atoms with van der Waals surface area (Å²) in [5.41, 5.74) is 0. The van der Waals surface area contributed by atoms with Gasteiger partial charge < -0.3 is 10.6 Å². The van der Waals surface area contributed by atoms with E-state index < -0.39 is 0 Å². The third kappa shape index (κ3) is 9.71. The monoisotopic (exact) mass is 218 g/mol. The van der Waals surface area contributed by atoms with Crippen LogP contribution in [0.15, 0.2) is 0 Å². The minimum absolute atomic E-state index is 0.0254. The molecule has 3 nitrogen and oxygen atoms in total. The van der Waals surface area contributed by atoms with E-state index in [0.717, 1.165) is 32.4 Å². The van der Waals surface area contributed by atoms with Gasteiger partial charge in [0.25, 0.3) is 0 Å². The van der Waals surface area contributed by atoms with Crippen molar-refractivity contribution in [2.24, 2.45) is 0 Å². The summed E-state index contributed by atoms with van der Waals surface area (Å²) in [6.45, 7) is 3.69.